The summed E-state index contributed by atoms with van der Waals surface area (Å²) in [6.45, 7) is 1.79. The number of hydrogen-bond acceptors (Lipinski definition) is 5. The number of nitro benzene ring substituents is 1. The van der Waals surface area contributed by atoms with Gasteiger partial charge in [0, 0.05) is 37.5 Å². The van der Waals surface area contributed by atoms with Crippen LogP contribution >= 0.6 is 11.6 Å². The number of hydrogen-bond donors (Lipinski definition) is 0. The Morgan fingerprint density at radius 3 is 2.74 bits per heavy atom. The molecule has 19 heavy (non-hydrogen) atoms. The summed E-state index contributed by atoms with van der Waals surface area (Å²) >= 11 is 5.77. The third-order valence-corrected chi connectivity index (χ3v) is 2.48. The van der Waals surface area contributed by atoms with Gasteiger partial charge in [-0.25, -0.2) is 0 Å². The van der Waals surface area contributed by atoms with Crippen molar-refractivity contribution in [3.63, 3.8) is 0 Å². The van der Waals surface area contributed by atoms with Gasteiger partial charge in [0.2, 0.25) is 0 Å². The van der Waals surface area contributed by atoms with Gasteiger partial charge in [0.15, 0.2) is 5.75 Å². The van der Waals surface area contributed by atoms with Gasteiger partial charge >= 0.3 is 5.69 Å². The van der Waals surface area contributed by atoms with Crippen LogP contribution in [-0.2, 0) is 9.47 Å². The molecule has 0 aliphatic heterocycles. The Balaban J connectivity index is 2.36. The predicted molar refractivity (Wildman–Crippen MR) is 70.9 cm³/mol. The molecule has 1 rings (SSSR count). The standard InChI is InChI=1S/C12H16ClNO5/c1-17-5-2-6-18-7-8-19-12-9-10(13)3-4-11(12)14(15)16/h3-4,9H,2,5-8H2,1H3. The Hall–Kier alpha value is -1.37. The van der Waals surface area contributed by atoms with Crippen LogP contribution in [0.25, 0.3) is 0 Å². The molecule has 0 unspecified atom stereocenters. The fraction of sp³-hybridized carbons (Fsp3) is 0.500. The van der Waals surface area contributed by atoms with Crippen molar-refractivity contribution in [3.8, 4) is 5.75 Å². The van der Waals surface area contributed by atoms with Crippen molar-refractivity contribution in [3.05, 3.63) is 33.3 Å². The first-order valence-corrected chi connectivity index (χ1v) is 6.16. The lowest BCUT2D eigenvalue weighted by Crippen LogP contribution is -2.09. The molecule has 1 aromatic rings. The fourth-order valence-corrected chi connectivity index (χ4v) is 1.53. The second kappa shape index (κ2) is 8.68. The SMILES string of the molecule is COCCCOCCOc1cc(Cl)ccc1[N+](=O)[O-]. The van der Waals surface area contributed by atoms with Crippen LogP contribution in [0.5, 0.6) is 5.75 Å². The number of nitro groups is 1. The van der Waals surface area contributed by atoms with E-state index < -0.39 is 4.92 Å². The number of rotatable bonds is 9. The van der Waals surface area contributed by atoms with Crippen LogP contribution in [-0.4, -0.2) is 38.5 Å². The highest BCUT2D eigenvalue weighted by Gasteiger charge is 2.15. The predicted octanol–water partition coefficient (Wildman–Crippen LogP) is 2.68. The van der Waals surface area contributed by atoms with Gasteiger partial charge in [0.05, 0.1) is 11.5 Å². The molecule has 0 aliphatic rings. The molecule has 7 heteroatoms. The van der Waals surface area contributed by atoms with E-state index in [2.05, 4.69) is 0 Å². The Labute approximate surface area is 116 Å². The second-order valence-electron chi connectivity index (χ2n) is 3.68. The average Bonchev–Trinajstić information content (AvgIpc) is 2.37. The molecule has 0 aliphatic carbocycles. The van der Waals surface area contributed by atoms with E-state index in [4.69, 9.17) is 25.8 Å². The molecule has 0 heterocycles. The normalized spacial score (nSPS) is 10.4. The molecule has 0 bridgehead atoms. The number of nitrogens with zero attached hydrogens (tertiary/aromatic N) is 1. The summed E-state index contributed by atoms with van der Waals surface area (Å²) in [5.74, 6) is 0.151. The number of halogens is 1. The maximum Gasteiger partial charge on any atom is 0.311 e. The molecule has 1 aromatic carbocycles. The van der Waals surface area contributed by atoms with Crippen LogP contribution in [0.1, 0.15) is 6.42 Å². The summed E-state index contributed by atoms with van der Waals surface area (Å²) < 4.78 is 15.5. The van der Waals surface area contributed by atoms with Crippen LogP contribution in [0.15, 0.2) is 18.2 Å². The summed E-state index contributed by atoms with van der Waals surface area (Å²) in [6, 6.07) is 4.19. The molecule has 0 atom stereocenters. The van der Waals surface area contributed by atoms with Gasteiger partial charge in [-0.2, -0.15) is 0 Å². The lowest BCUT2D eigenvalue weighted by atomic mass is 10.3. The minimum Gasteiger partial charge on any atom is -0.484 e. The van der Waals surface area contributed by atoms with E-state index in [-0.39, 0.29) is 18.0 Å². The van der Waals surface area contributed by atoms with Crippen LogP contribution in [0.2, 0.25) is 5.02 Å². The van der Waals surface area contributed by atoms with Crippen molar-refractivity contribution in [2.24, 2.45) is 0 Å². The van der Waals surface area contributed by atoms with E-state index >= 15 is 0 Å². The van der Waals surface area contributed by atoms with E-state index in [1.165, 1.54) is 18.2 Å². The topological polar surface area (TPSA) is 70.8 Å². The highest BCUT2D eigenvalue weighted by atomic mass is 35.5. The molecule has 0 radical (unpaired) electrons. The summed E-state index contributed by atoms with van der Waals surface area (Å²) in [6.07, 6.45) is 0.799. The van der Waals surface area contributed by atoms with Crippen molar-refractivity contribution < 1.29 is 19.1 Å². The van der Waals surface area contributed by atoms with Crippen molar-refractivity contribution in [2.75, 3.05) is 33.5 Å². The lowest BCUT2D eigenvalue weighted by Gasteiger charge is -2.07. The molecule has 0 spiro atoms. The molecule has 0 saturated carbocycles. The highest BCUT2D eigenvalue weighted by Crippen LogP contribution is 2.29. The van der Waals surface area contributed by atoms with E-state index in [9.17, 15) is 10.1 Å². The molecule has 0 aromatic heterocycles. The maximum absolute atomic E-state index is 10.8. The van der Waals surface area contributed by atoms with Crippen molar-refractivity contribution in [1.29, 1.82) is 0 Å². The van der Waals surface area contributed by atoms with E-state index in [1.807, 2.05) is 0 Å². The number of methoxy groups -OCH3 is 1. The Bertz CT molecular complexity index is 413. The van der Waals surface area contributed by atoms with Gasteiger partial charge < -0.3 is 14.2 Å². The average molecular weight is 290 g/mol. The molecular weight excluding hydrogens is 274 g/mol. The Kier molecular flexibility index (Phi) is 7.17. The lowest BCUT2D eigenvalue weighted by molar-refractivity contribution is -0.385. The molecule has 106 valence electrons. The zero-order valence-electron chi connectivity index (χ0n) is 10.6. The third-order valence-electron chi connectivity index (χ3n) is 2.24. The monoisotopic (exact) mass is 289 g/mol. The first kappa shape index (κ1) is 15.7. The van der Waals surface area contributed by atoms with Gasteiger partial charge in [-0.1, -0.05) is 11.6 Å². The van der Waals surface area contributed by atoms with E-state index in [0.717, 1.165) is 6.42 Å². The zero-order valence-corrected chi connectivity index (χ0v) is 11.4. The van der Waals surface area contributed by atoms with Gasteiger partial charge in [-0.05, 0) is 12.5 Å². The minimum atomic E-state index is -0.509. The van der Waals surface area contributed by atoms with E-state index in [0.29, 0.717) is 24.8 Å². The largest absolute Gasteiger partial charge is 0.484 e. The molecule has 0 fully saturated rings. The van der Waals surface area contributed by atoms with Crippen molar-refractivity contribution in [1.82, 2.24) is 0 Å². The molecule has 0 saturated heterocycles. The molecular formula is C12H16ClNO5. The zero-order chi connectivity index (χ0) is 14.1. The smallest absolute Gasteiger partial charge is 0.311 e. The maximum atomic E-state index is 10.8. The van der Waals surface area contributed by atoms with Crippen LogP contribution < -0.4 is 4.74 Å². The third kappa shape index (κ3) is 5.87. The summed E-state index contributed by atoms with van der Waals surface area (Å²) in [5.41, 5.74) is -0.108. The summed E-state index contributed by atoms with van der Waals surface area (Å²) in [4.78, 5) is 10.3. The second-order valence-corrected chi connectivity index (χ2v) is 4.11. The first-order chi connectivity index (χ1) is 9.15. The van der Waals surface area contributed by atoms with Crippen LogP contribution in [0.4, 0.5) is 5.69 Å². The number of benzene rings is 1. The van der Waals surface area contributed by atoms with Gasteiger partial charge in [-0.15, -0.1) is 0 Å². The molecule has 0 N–H and O–H groups in total. The highest BCUT2D eigenvalue weighted by molar-refractivity contribution is 6.30. The van der Waals surface area contributed by atoms with Crippen molar-refractivity contribution in [2.45, 2.75) is 6.42 Å². The van der Waals surface area contributed by atoms with Crippen LogP contribution in [0, 0.1) is 10.1 Å². The van der Waals surface area contributed by atoms with Gasteiger partial charge in [-0.3, -0.25) is 10.1 Å². The van der Waals surface area contributed by atoms with Gasteiger partial charge in [0.25, 0.3) is 0 Å². The fourth-order valence-electron chi connectivity index (χ4n) is 1.37. The van der Waals surface area contributed by atoms with Crippen molar-refractivity contribution >= 4 is 17.3 Å². The Morgan fingerprint density at radius 2 is 2.05 bits per heavy atom. The van der Waals surface area contributed by atoms with E-state index in [1.54, 1.807) is 7.11 Å². The minimum absolute atomic E-state index is 0.108. The summed E-state index contributed by atoms with van der Waals surface area (Å²) in [5, 5.41) is 11.2. The van der Waals surface area contributed by atoms with Gasteiger partial charge in [0.1, 0.15) is 6.61 Å². The first-order valence-electron chi connectivity index (χ1n) is 5.78. The van der Waals surface area contributed by atoms with Crippen LogP contribution in [0.3, 0.4) is 0 Å². The Morgan fingerprint density at radius 1 is 1.26 bits per heavy atom. The molecule has 6 nitrogen and oxygen atoms in total. The quantitative estimate of drug-likeness (QED) is 0.397. The summed E-state index contributed by atoms with van der Waals surface area (Å²) in [7, 11) is 1.63. The molecule has 0 amide bonds. The number of ether oxygens (including phenoxy) is 3.